The van der Waals surface area contributed by atoms with E-state index in [2.05, 4.69) is 11.6 Å². The van der Waals surface area contributed by atoms with Gasteiger partial charge in [-0.2, -0.15) is 0 Å². The number of benzene rings is 2. The number of hydrogen-bond acceptors (Lipinski definition) is 4. The van der Waals surface area contributed by atoms with Crippen LogP contribution in [0.3, 0.4) is 0 Å². The summed E-state index contributed by atoms with van der Waals surface area (Å²) in [5.74, 6) is 1.58. The maximum absolute atomic E-state index is 11.0. The average Bonchev–Trinajstić information content (AvgIpc) is 3.31. The maximum atomic E-state index is 11.0. The SMILES string of the molecule is C=Cc1cccc(-c2nc(CCOc3ccc4c(c3)CC[C@H]4CC(=O)O)c(C)o2)c1. The Labute approximate surface area is 176 Å². The minimum Gasteiger partial charge on any atom is -0.493 e. The highest BCUT2D eigenvalue weighted by atomic mass is 16.5. The zero-order valence-corrected chi connectivity index (χ0v) is 17.1. The Morgan fingerprint density at radius 2 is 2.20 bits per heavy atom. The number of ether oxygens (including phenoxy) is 1. The monoisotopic (exact) mass is 403 g/mol. The molecule has 154 valence electrons. The van der Waals surface area contributed by atoms with Gasteiger partial charge in [0.1, 0.15) is 11.5 Å². The number of aliphatic carboxylic acids is 1. The molecule has 3 aromatic rings. The number of carboxylic acid groups (broad SMARTS) is 1. The van der Waals surface area contributed by atoms with E-state index in [1.165, 1.54) is 5.56 Å². The second-order valence-corrected chi connectivity index (χ2v) is 7.64. The molecule has 2 aromatic carbocycles. The lowest BCUT2D eigenvalue weighted by atomic mass is 9.98. The number of carbonyl (C=O) groups is 1. The number of oxazole rings is 1. The molecule has 30 heavy (non-hydrogen) atoms. The van der Waals surface area contributed by atoms with Crippen molar-refractivity contribution in [3.05, 3.63) is 77.2 Å². The predicted molar refractivity (Wildman–Crippen MR) is 116 cm³/mol. The van der Waals surface area contributed by atoms with E-state index < -0.39 is 5.97 Å². The normalized spacial score (nSPS) is 15.0. The van der Waals surface area contributed by atoms with Crippen molar-refractivity contribution in [3.63, 3.8) is 0 Å². The number of aryl methyl sites for hydroxylation is 2. The van der Waals surface area contributed by atoms with E-state index in [9.17, 15) is 4.79 Å². The van der Waals surface area contributed by atoms with Crippen molar-refractivity contribution in [2.24, 2.45) is 0 Å². The van der Waals surface area contributed by atoms with E-state index in [-0.39, 0.29) is 12.3 Å². The van der Waals surface area contributed by atoms with Crippen LogP contribution in [0, 0.1) is 6.92 Å². The number of fused-ring (bicyclic) bond motifs is 1. The summed E-state index contributed by atoms with van der Waals surface area (Å²) in [7, 11) is 0. The topological polar surface area (TPSA) is 72.6 Å². The Morgan fingerprint density at radius 1 is 1.33 bits per heavy atom. The molecule has 5 nitrogen and oxygen atoms in total. The summed E-state index contributed by atoms with van der Waals surface area (Å²) >= 11 is 0. The van der Waals surface area contributed by atoms with Crippen molar-refractivity contribution < 1.29 is 19.1 Å². The zero-order valence-electron chi connectivity index (χ0n) is 17.1. The third-order valence-corrected chi connectivity index (χ3v) is 5.61. The Hall–Kier alpha value is -3.34. The fraction of sp³-hybridized carbons (Fsp3) is 0.280. The summed E-state index contributed by atoms with van der Waals surface area (Å²) in [4.78, 5) is 15.7. The average molecular weight is 403 g/mol. The standard InChI is InChI=1S/C25H25NO4/c1-3-17-5-4-6-20(13-17)25-26-23(16(2)30-25)11-12-29-21-9-10-22-18(14-21)7-8-19(22)15-24(27)28/h3-6,9-10,13-14,19H,1,7-8,11-12,15H2,2H3,(H,27,28)/t19-/m0/s1. The lowest BCUT2D eigenvalue weighted by molar-refractivity contribution is -0.137. The first kappa shape index (κ1) is 20.0. The largest absolute Gasteiger partial charge is 0.493 e. The Bertz CT molecular complexity index is 1080. The van der Waals surface area contributed by atoms with Crippen molar-refractivity contribution >= 4 is 12.0 Å². The van der Waals surface area contributed by atoms with Crippen molar-refractivity contribution in [1.82, 2.24) is 4.98 Å². The number of rotatable bonds is 8. The number of nitrogens with zero attached hydrogens (tertiary/aromatic N) is 1. The quantitative estimate of drug-likeness (QED) is 0.544. The van der Waals surface area contributed by atoms with Gasteiger partial charge in [-0.05, 0) is 66.6 Å². The number of aromatic nitrogens is 1. The Kier molecular flexibility index (Phi) is 5.70. The molecule has 1 aliphatic carbocycles. The molecular formula is C25H25NO4. The number of hydrogen-bond donors (Lipinski definition) is 1. The maximum Gasteiger partial charge on any atom is 0.303 e. The highest BCUT2D eigenvalue weighted by molar-refractivity contribution is 5.68. The molecule has 1 heterocycles. The van der Waals surface area contributed by atoms with E-state index in [4.69, 9.17) is 14.3 Å². The highest BCUT2D eigenvalue weighted by Crippen LogP contribution is 2.37. The van der Waals surface area contributed by atoms with Gasteiger partial charge in [-0.25, -0.2) is 4.98 Å². The van der Waals surface area contributed by atoms with Crippen molar-refractivity contribution in [1.29, 1.82) is 0 Å². The molecule has 5 heteroatoms. The van der Waals surface area contributed by atoms with Crippen LogP contribution in [0.5, 0.6) is 5.75 Å². The second kappa shape index (κ2) is 8.57. The molecule has 0 unspecified atom stereocenters. The molecule has 0 amide bonds. The first-order chi connectivity index (χ1) is 14.5. The molecule has 0 saturated carbocycles. The van der Waals surface area contributed by atoms with E-state index in [1.54, 1.807) is 6.08 Å². The molecule has 0 aliphatic heterocycles. The van der Waals surface area contributed by atoms with Crippen LogP contribution in [0.25, 0.3) is 17.5 Å². The lowest BCUT2D eigenvalue weighted by Gasteiger charge is -2.10. The summed E-state index contributed by atoms with van der Waals surface area (Å²) in [5, 5.41) is 9.06. The van der Waals surface area contributed by atoms with E-state index in [0.29, 0.717) is 18.9 Å². The summed E-state index contributed by atoms with van der Waals surface area (Å²) < 4.78 is 11.8. The Morgan fingerprint density at radius 3 is 3.00 bits per heavy atom. The van der Waals surface area contributed by atoms with Crippen LogP contribution < -0.4 is 4.74 Å². The van der Waals surface area contributed by atoms with Crippen LogP contribution in [-0.2, 0) is 17.6 Å². The van der Waals surface area contributed by atoms with E-state index >= 15 is 0 Å². The predicted octanol–water partition coefficient (Wildman–Crippen LogP) is 5.42. The van der Waals surface area contributed by atoms with Crippen LogP contribution in [0.15, 0.2) is 53.5 Å². The molecule has 1 atom stereocenters. The molecule has 0 bridgehead atoms. The summed E-state index contributed by atoms with van der Waals surface area (Å²) in [6.07, 6.45) is 4.43. The van der Waals surface area contributed by atoms with Crippen LogP contribution >= 0.6 is 0 Å². The molecule has 1 N–H and O–H groups in total. The van der Waals surface area contributed by atoms with Gasteiger partial charge in [-0.3, -0.25) is 4.79 Å². The summed E-state index contributed by atoms with van der Waals surface area (Å²) in [6.45, 7) is 6.22. The van der Waals surface area contributed by atoms with Gasteiger partial charge in [0.2, 0.25) is 5.89 Å². The molecule has 1 aromatic heterocycles. The zero-order chi connectivity index (χ0) is 21.1. The van der Waals surface area contributed by atoms with Gasteiger partial charge >= 0.3 is 5.97 Å². The molecular weight excluding hydrogens is 378 g/mol. The third kappa shape index (κ3) is 4.30. The molecule has 0 radical (unpaired) electrons. The van der Waals surface area contributed by atoms with Gasteiger partial charge in [0.15, 0.2) is 0 Å². The van der Waals surface area contributed by atoms with Crippen LogP contribution in [-0.4, -0.2) is 22.7 Å². The molecule has 4 rings (SSSR count). The third-order valence-electron chi connectivity index (χ3n) is 5.61. The molecule has 1 aliphatic rings. The fourth-order valence-electron chi connectivity index (χ4n) is 4.04. The minimum atomic E-state index is -0.744. The van der Waals surface area contributed by atoms with Gasteiger partial charge in [-0.1, -0.05) is 30.9 Å². The molecule has 0 spiro atoms. The Balaban J connectivity index is 1.39. The first-order valence-corrected chi connectivity index (χ1v) is 10.2. The summed E-state index contributed by atoms with van der Waals surface area (Å²) in [6, 6.07) is 13.9. The highest BCUT2D eigenvalue weighted by Gasteiger charge is 2.24. The van der Waals surface area contributed by atoms with Crippen molar-refractivity contribution in [2.75, 3.05) is 6.61 Å². The van der Waals surface area contributed by atoms with Gasteiger partial charge in [-0.15, -0.1) is 0 Å². The van der Waals surface area contributed by atoms with Crippen LogP contribution in [0.1, 0.15) is 46.9 Å². The van der Waals surface area contributed by atoms with Gasteiger partial charge in [0, 0.05) is 12.0 Å². The number of carboxylic acids is 1. The second-order valence-electron chi connectivity index (χ2n) is 7.64. The molecule has 0 fully saturated rings. The minimum absolute atomic E-state index is 0.113. The van der Waals surface area contributed by atoms with Crippen LogP contribution in [0.4, 0.5) is 0 Å². The first-order valence-electron chi connectivity index (χ1n) is 10.2. The van der Waals surface area contributed by atoms with Gasteiger partial charge < -0.3 is 14.3 Å². The van der Waals surface area contributed by atoms with Gasteiger partial charge in [0.05, 0.1) is 18.7 Å². The molecule has 0 saturated heterocycles. The van der Waals surface area contributed by atoms with Crippen molar-refractivity contribution in [2.45, 2.75) is 38.5 Å². The van der Waals surface area contributed by atoms with Crippen LogP contribution in [0.2, 0.25) is 0 Å². The summed E-state index contributed by atoms with van der Waals surface area (Å²) in [5.41, 5.74) is 5.17. The van der Waals surface area contributed by atoms with Gasteiger partial charge in [0.25, 0.3) is 0 Å². The fourth-order valence-corrected chi connectivity index (χ4v) is 4.04. The lowest BCUT2D eigenvalue weighted by Crippen LogP contribution is -2.04. The van der Waals surface area contributed by atoms with E-state index in [0.717, 1.165) is 46.7 Å². The van der Waals surface area contributed by atoms with E-state index in [1.807, 2.05) is 49.4 Å². The van der Waals surface area contributed by atoms with Crippen molar-refractivity contribution in [3.8, 4) is 17.2 Å². The smallest absolute Gasteiger partial charge is 0.303 e.